The fraction of sp³-hybridized carbons (Fsp3) is 0. The zero-order valence-electron chi connectivity index (χ0n) is 11.5. The van der Waals surface area contributed by atoms with Crippen molar-refractivity contribution in [1.82, 2.24) is 9.55 Å². The van der Waals surface area contributed by atoms with Gasteiger partial charge in [-0.1, -0.05) is 48.5 Å². The van der Waals surface area contributed by atoms with Crippen LogP contribution in [0, 0.1) is 0 Å². The minimum Gasteiger partial charge on any atom is -0.301 e. The van der Waals surface area contributed by atoms with Crippen molar-refractivity contribution in [3.05, 3.63) is 85.2 Å². The van der Waals surface area contributed by atoms with Crippen molar-refractivity contribution in [3.63, 3.8) is 0 Å². The maximum atomic E-state index is 4.57. The number of pyridine rings is 1. The first-order valence-electron chi connectivity index (χ1n) is 7.00. The molecule has 4 rings (SSSR count). The van der Waals surface area contributed by atoms with Crippen LogP contribution in [-0.2, 0) is 0 Å². The van der Waals surface area contributed by atoms with E-state index in [0.29, 0.717) is 0 Å². The lowest BCUT2D eigenvalue weighted by Gasteiger charge is -2.03. The van der Waals surface area contributed by atoms with Gasteiger partial charge in [-0.25, -0.2) is 4.98 Å². The first-order chi connectivity index (χ1) is 10.4. The zero-order chi connectivity index (χ0) is 14.1. The van der Waals surface area contributed by atoms with Crippen molar-refractivity contribution in [1.29, 1.82) is 0 Å². The minimum absolute atomic E-state index is 0.988. The summed E-state index contributed by atoms with van der Waals surface area (Å²) in [7, 11) is 0. The van der Waals surface area contributed by atoms with Crippen LogP contribution in [0.1, 0.15) is 0 Å². The normalized spacial score (nSPS) is 10.9. The molecule has 21 heavy (non-hydrogen) atoms. The van der Waals surface area contributed by atoms with Gasteiger partial charge in [-0.2, -0.15) is 0 Å². The number of para-hydroxylation sites is 1. The van der Waals surface area contributed by atoms with Gasteiger partial charge in [0.2, 0.25) is 0 Å². The molecular weight excluding hydrogens is 256 g/mol. The molecule has 0 fully saturated rings. The fourth-order valence-electron chi connectivity index (χ4n) is 2.69. The number of rotatable bonds is 2. The molecule has 0 N–H and O–H groups in total. The third kappa shape index (κ3) is 2.01. The van der Waals surface area contributed by atoms with E-state index in [0.717, 1.165) is 11.3 Å². The van der Waals surface area contributed by atoms with Crippen LogP contribution in [0.2, 0.25) is 0 Å². The Morgan fingerprint density at radius 2 is 1.43 bits per heavy atom. The SMILES string of the molecule is c1ccc(-c2cn(-c3ccccc3)c3ncccc23)cc1. The molecule has 0 aliphatic heterocycles. The molecule has 0 radical (unpaired) electrons. The van der Waals surface area contributed by atoms with Gasteiger partial charge < -0.3 is 4.57 Å². The summed E-state index contributed by atoms with van der Waals surface area (Å²) < 4.78 is 2.15. The lowest BCUT2D eigenvalue weighted by molar-refractivity contribution is 1.09. The van der Waals surface area contributed by atoms with Crippen LogP contribution in [0.5, 0.6) is 0 Å². The third-order valence-corrected chi connectivity index (χ3v) is 3.68. The predicted octanol–water partition coefficient (Wildman–Crippen LogP) is 4.69. The molecule has 0 aliphatic rings. The van der Waals surface area contributed by atoms with Gasteiger partial charge in [0.25, 0.3) is 0 Å². The summed E-state index contributed by atoms with van der Waals surface area (Å²) >= 11 is 0. The Labute approximate surface area is 123 Å². The molecule has 4 aromatic rings. The number of hydrogen-bond donors (Lipinski definition) is 0. The van der Waals surface area contributed by atoms with Gasteiger partial charge in [0.15, 0.2) is 0 Å². The number of fused-ring (bicyclic) bond motifs is 1. The molecule has 0 atom stereocenters. The van der Waals surface area contributed by atoms with Crippen molar-refractivity contribution in [2.45, 2.75) is 0 Å². The Kier molecular flexibility index (Phi) is 2.79. The van der Waals surface area contributed by atoms with Gasteiger partial charge in [-0.3, -0.25) is 0 Å². The minimum atomic E-state index is 0.988. The molecule has 0 bridgehead atoms. The van der Waals surface area contributed by atoms with E-state index < -0.39 is 0 Å². The van der Waals surface area contributed by atoms with Crippen LogP contribution in [0.3, 0.4) is 0 Å². The monoisotopic (exact) mass is 270 g/mol. The van der Waals surface area contributed by atoms with Gasteiger partial charge in [0.1, 0.15) is 5.65 Å². The van der Waals surface area contributed by atoms with Gasteiger partial charge in [-0.05, 0) is 29.8 Å². The topological polar surface area (TPSA) is 17.8 Å². The van der Waals surface area contributed by atoms with Gasteiger partial charge in [0.05, 0.1) is 0 Å². The van der Waals surface area contributed by atoms with Crippen molar-refractivity contribution < 1.29 is 0 Å². The Bertz CT molecular complexity index is 804. The van der Waals surface area contributed by atoms with E-state index in [2.05, 4.69) is 58.2 Å². The Balaban J connectivity index is 2.02. The molecule has 0 amide bonds. The Morgan fingerprint density at radius 1 is 0.714 bits per heavy atom. The van der Waals surface area contributed by atoms with E-state index in [1.165, 1.54) is 16.5 Å². The van der Waals surface area contributed by atoms with Crippen molar-refractivity contribution in [2.24, 2.45) is 0 Å². The highest BCUT2D eigenvalue weighted by Gasteiger charge is 2.11. The highest BCUT2D eigenvalue weighted by Crippen LogP contribution is 2.31. The van der Waals surface area contributed by atoms with E-state index in [1.807, 2.05) is 36.5 Å². The van der Waals surface area contributed by atoms with Crippen molar-refractivity contribution in [3.8, 4) is 16.8 Å². The summed E-state index contributed by atoms with van der Waals surface area (Å²) in [6, 6.07) is 24.9. The summed E-state index contributed by atoms with van der Waals surface area (Å²) in [5.41, 5.74) is 4.54. The predicted molar refractivity (Wildman–Crippen MR) is 86.5 cm³/mol. The Morgan fingerprint density at radius 3 is 2.19 bits per heavy atom. The maximum absolute atomic E-state index is 4.57. The van der Waals surface area contributed by atoms with Crippen LogP contribution in [0.4, 0.5) is 0 Å². The lowest BCUT2D eigenvalue weighted by atomic mass is 10.1. The smallest absolute Gasteiger partial charge is 0.145 e. The van der Waals surface area contributed by atoms with E-state index in [-0.39, 0.29) is 0 Å². The quantitative estimate of drug-likeness (QED) is 0.516. The number of aromatic nitrogens is 2. The standard InChI is InChI=1S/C19H14N2/c1-3-8-15(9-4-1)18-14-21(16-10-5-2-6-11-16)19-17(18)12-7-13-20-19/h1-14H. The van der Waals surface area contributed by atoms with Crippen LogP contribution >= 0.6 is 0 Å². The van der Waals surface area contributed by atoms with E-state index in [4.69, 9.17) is 0 Å². The summed E-state index contributed by atoms with van der Waals surface area (Å²) in [4.78, 5) is 4.57. The number of hydrogen-bond acceptors (Lipinski definition) is 1. The molecule has 2 nitrogen and oxygen atoms in total. The van der Waals surface area contributed by atoms with Crippen LogP contribution < -0.4 is 0 Å². The average molecular weight is 270 g/mol. The Hall–Kier alpha value is -2.87. The molecule has 2 heteroatoms. The number of nitrogens with zero attached hydrogens (tertiary/aromatic N) is 2. The second kappa shape index (κ2) is 4.91. The van der Waals surface area contributed by atoms with E-state index in [1.54, 1.807) is 0 Å². The molecule has 2 heterocycles. The lowest BCUT2D eigenvalue weighted by Crippen LogP contribution is -1.92. The number of benzene rings is 2. The average Bonchev–Trinajstić information content (AvgIpc) is 2.96. The van der Waals surface area contributed by atoms with Gasteiger partial charge >= 0.3 is 0 Å². The summed E-state index contributed by atoms with van der Waals surface area (Å²) in [6.45, 7) is 0. The summed E-state index contributed by atoms with van der Waals surface area (Å²) in [5.74, 6) is 0. The highest BCUT2D eigenvalue weighted by molar-refractivity contribution is 5.95. The summed E-state index contributed by atoms with van der Waals surface area (Å²) in [6.07, 6.45) is 4.01. The van der Waals surface area contributed by atoms with Crippen molar-refractivity contribution >= 4 is 11.0 Å². The second-order valence-electron chi connectivity index (χ2n) is 4.99. The van der Waals surface area contributed by atoms with Gasteiger partial charge in [-0.15, -0.1) is 0 Å². The molecule has 0 unspecified atom stereocenters. The van der Waals surface area contributed by atoms with Crippen LogP contribution in [0.15, 0.2) is 85.2 Å². The van der Waals surface area contributed by atoms with Crippen LogP contribution in [0.25, 0.3) is 27.8 Å². The molecule has 0 saturated carbocycles. The van der Waals surface area contributed by atoms with E-state index >= 15 is 0 Å². The zero-order valence-corrected chi connectivity index (χ0v) is 11.5. The molecular formula is C19H14N2. The second-order valence-corrected chi connectivity index (χ2v) is 4.99. The molecule has 2 aromatic heterocycles. The maximum Gasteiger partial charge on any atom is 0.145 e. The molecule has 2 aromatic carbocycles. The largest absolute Gasteiger partial charge is 0.301 e. The molecule has 100 valence electrons. The molecule has 0 aliphatic carbocycles. The fourth-order valence-corrected chi connectivity index (χ4v) is 2.69. The molecule has 0 saturated heterocycles. The van der Waals surface area contributed by atoms with Crippen LogP contribution in [-0.4, -0.2) is 9.55 Å². The van der Waals surface area contributed by atoms with Crippen molar-refractivity contribution in [2.75, 3.05) is 0 Å². The highest BCUT2D eigenvalue weighted by atomic mass is 15.0. The van der Waals surface area contributed by atoms with E-state index in [9.17, 15) is 0 Å². The summed E-state index contributed by atoms with van der Waals surface area (Å²) in [5, 5.41) is 1.17. The first-order valence-corrected chi connectivity index (χ1v) is 7.00. The molecule has 0 spiro atoms. The first kappa shape index (κ1) is 11.9. The third-order valence-electron chi connectivity index (χ3n) is 3.68. The van der Waals surface area contributed by atoms with Gasteiger partial charge in [0, 0.05) is 29.0 Å².